The van der Waals surface area contributed by atoms with E-state index >= 15 is 0 Å². The van der Waals surface area contributed by atoms with Gasteiger partial charge in [-0.1, -0.05) is 0 Å². The summed E-state index contributed by atoms with van der Waals surface area (Å²) in [4.78, 5) is 20.7. The summed E-state index contributed by atoms with van der Waals surface area (Å²) in [7, 11) is 5.76. The van der Waals surface area contributed by atoms with Crippen LogP contribution in [-0.4, -0.2) is 69.8 Å². The monoisotopic (exact) mass is 292 g/mol. The molecule has 0 unspecified atom stereocenters. The number of hydrogen-bond donors (Lipinski definition) is 1. The summed E-state index contributed by atoms with van der Waals surface area (Å²) < 4.78 is 5.69. The minimum Gasteiger partial charge on any atom is -0.379 e. The van der Waals surface area contributed by atoms with Crippen LogP contribution in [0, 0.1) is 5.92 Å². The van der Waals surface area contributed by atoms with Gasteiger partial charge in [0.05, 0.1) is 18.8 Å². The molecule has 1 aliphatic heterocycles. The molecule has 1 saturated heterocycles. The van der Waals surface area contributed by atoms with Crippen LogP contribution >= 0.6 is 0 Å². The molecular formula is C15H24N4O2. The number of pyridine rings is 1. The number of amides is 1. The number of aromatic nitrogens is 1. The third kappa shape index (κ3) is 4.15. The first-order valence-corrected chi connectivity index (χ1v) is 7.26. The number of hydrogen-bond acceptors (Lipinski definition) is 5. The lowest BCUT2D eigenvalue weighted by Crippen LogP contribution is -2.36. The van der Waals surface area contributed by atoms with Crippen LogP contribution < -0.4 is 10.2 Å². The molecule has 1 amide bonds. The molecule has 0 bridgehead atoms. The number of rotatable bonds is 4. The van der Waals surface area contributed by atoms with Crippen molar-refractivity contribution in [2.45, 2.75) is 0 Å². The highest BCUT2D eigenvalue weighted by molar-refractivity contribution is 5.98. The van der Waals surface area contributed by atoms with Crippen molar-refractivity contribution >= 4 is 11.7 Å². The molecule has 21 heavy (non-hydrogen) atoms. The van der Waals surface area contributed by atoms with Gasteiger partial charge in [-0.05, 0) is 26.2 Å². The molecule has 0 radical (unpaired) electrons. The molecule has 6 heteroatoms. The van der Waals surface area contributed by atoms with Crippen molar-refractivity contribution < 1.29 is 9.53 Å². The Morgan fingerprint density at radius 3 is 3.10 bits per heavy atom. The molecule has 0 spiro atoms. The van der Waals surface area contributed by atoms with Crippen molar-refractivity contribution in [1.29, 1.82) is 0 Å². The van der Waals surface area contributed by atoms with Crippen molar-refractivity contribution in [1.82, 2.24) is 15.2 Å². The van der Waals surface area contributed by atoms with Crippen LogP contribution in [-0.2, 0) is 4.74 Å². The summed E-state index contributed by atoms with van der Waals surface area (Å²) in [5, 5.41) is 2.67. The molecule has 0 aliphatic carbocycles. The minimum absolute atomic E-state index is 0.104. The van der Waals surface area contributed by atoms with E-state index < -0.39 is 0 Å². The van der Waals surface area contributed by atoms with E-state index in [1.807, 2.05) is 6.07 Å². The Hall–Kier alpha value is -1.66. The van der Waals surface area contributed by atoms with Crippen LogP contribution in [0.4, 0.5) is 5.82 Å². The lowest BCUT2D eigenvalue weighted by Gasteiger charge is -2.27. The largest absolute Gasteiger partial charge is 0.379 e. The molecule has 116 valence electrons. The standard InChI is InChI=1S/C15H24N4O2/c1-16-15(20)13-5-4-6-17-14(13)19-7-8-21-11-12(10-19)9-18(2)3/h4-6,12H,7-11H2,1-3H3,(H,16,20)/t12-/m1/s1. The number of ether oxygens (including phenoxy) is 1. The fraction of sp³-hybridized carbons (Fsp3) is 0.600. The highest BCUT2D eigenvalue weighted by Crippen LogP contribution is 2.20. The summed E-state index contributed by atoms with van der Waals surface area (Å²) in [5.74, 6) is 1.04. The zero-order chi connectivity index (χ0) is 15.2. The summed E-state index contributed by atoms with van der Waals surface area (Å²) in [6, 6.07) is 3.60. The molecule has 1 aliphatic rings. The van der Waals surface area contributed by atoms with E-state index in [0.717, 1.165) is 32.1 Å². The Kier molecular flexibility index (Phi) is 5.52. The highest BCUT2D eigenvalue weighted by Gasteiger charge is 2.23. The Morgan fingerprint density at radius 2 is 2.38 bits per heavy atom. The van der Waals surface area contributed by atoms with Gasteiger partial charge in [0.25, 0.3) is 5.91 Å². The van der Waals surface area contributed by atoms with Crippen LogP contribution in [0.5, 0.6) is 0 Å². The maximum atomic E-state index is 12.0. The minimum atomic E-state index is -0.104. The van der Waals surface area contributed by atoms with Gasteiger partial charge in [-0.25, -0.2) is 4.98 Å². The number of nitrogens with zero attached hydrogens (tertiary/aromatic N) is 3. The SMILES string of the molecule is CNC(=O)c1cccnc1N1CCOC[C@H](CN(C)C)C1. The van der Waals surface area contributed by atoms with Crippen LogP contribution in [0.25, 0.3) is 0 Å². The third-order valence-electron chi connectivity index (χ3n) is 3.52. The van der Waals surface area contributed by atoms with E-state index in [2.05, 4.69) is 34.2 Å². The van der Waals surface area contributed by atoms with Gasteiger partial charge in [-0.3, -0.25) is 4.79 Å². The van der Waals surface area contributed by atoms with E-state index in [4.69, 9.17) is 4.74 Å². The summed E-state index contributed by atoms with van der Waals surface area (Å²) >= 11 is 0. The Bertz CT molecular complexity index is 478. The van der Waals surface area contributed by atoms with Gasteiger partial charge in [-0.2, -0.15) is 0 Å². The molecular weight excluding hydrogens is 268 g/mol. The molecule has 1 N–H and O–H groups in total. The van der Waals surface area contributed by atoms with Gasteiger partial charge < -0.3 is 19.9 Å². The van der Waals surface area contributed by atoms with Crippen molar-refractivity contribution in [3.05, 3.63) is 23.9 Å². The van der Waals surface area contributed by atoms with E-state index in [1.165, 1.54) is 0 Å². The summed E-state index contributed by atoms with van der Waals surface area (Å²) in [6.07, 6.45) is 1.73. The first-order chi connectivity index (χ1) is 10.1. The lowest BCUT2D eigenvalue weighted by atomic mass is 10.1. The normalized spacial score (nSPS) is 19.4. The Labute approximate surface area is 126 Å². The second kappa shape index (κ2) is 7.38. The fourth-order valence-electron chi connectivity index (χ4n) is 2.66. The summed E-state index contributed by atoms with van der Waals surface area (Å²) in [6.45, 7) is 3.97. The number of carbonyl (C=O) groups is 1. The van der Waals surface area contributed by atoms with Crippen LogP contribution in [0.15, 0.2) is 18.3 Å². The number of carbonyl (C=O) groups excluding carboxylic acids is 1. The Balaban J connectivity index is 2.21. The molecule has 1 aromatic heterocycles. The average Bonchev–Trinajstić information content (AvgIpc) is 2.71. The maximum absolute atomic E-state index is 12.0. The molecule has 1 aromatic rings. The smallest absolute Gasteiger partial charge is 0.254 e. The molecule has 1 atom stereocenters. The van der Waals surface area contributed by atoms with Crippen LogP contribution in [0.1, 0.15) is 10.4 Å². The second-order valence-electron chi connectivity index (χ2n) is 5.60. The number of anilines is 1. The highest BCUT2D eigenvalue weighted by atomic mass is 16.5. The van der Waals surface area contributed by atoms with Gasteiger partial charge in [0.2, 0.25) is 0 Å². The molecule has 2 rings (SSSR count). The zero-order valence-electron chi connectivity index (χ0n) is 13.0. The van der Waals surface area contributed by atoms with E-state index in [1.54, 1.807) is 19.3 Å². The van der Waals surface area contributed by atoms with Gasteiger partial charge in [0.1, 0.15) is 5.82 Å². The molecule has 6 nitrogen and oxygen atoms in total. The predicted octanol–water partition coefficient (Wildman–Crippen LogP) is 0.456. The lowest BCUT2D eigenvalue weighted by molar-refractivity contribution is 0.0963. The van der Waals surface area contributed by atoms with E-state index in [0.29, 0.717) is 18.1 Å². The number of nitrogens with one attached hydrogen (secondary N) is 1. The van der Waals surface area contributed by atoms with Crippen molar-refractivity contribution in [3.8, 4) is 0 Å². The van der Waals surface area contributed by atoms with Crippen LogP contribution in [0.2, 0.25) is 0 Å². The average molecular weight is 292 g/mol. The van der Waals surface area contributed by atoms with E-state index in [-0.39, 0.29) is 5.91 Å². The van der Waals surface area contributed by atoms with Gasteiger partial charge in [0, 0.05) is 38.8 Å². The zero-order valence-corrected chi connectivity index (χ0v) is 13.0. The van der Waals surface area contributed by atoms with Crippen molar-refractivity contribution in [3.63, 3.8) is 0 Å². The Morgan fingerprint density at radius 1 is 1.57 bits per heavy atom. The summed E-state index contributed by atoms with van der Waals surface area (Å²) in [5.41, 5.74) is 0.616. The molecule has 0 saturated carbocycles. The molecule has 1 fully saturated rings. The predicted molar refractivity (Wildman–Crippen MR) is 82.7 cm³/mol. The maximum Gasteiger partial charge on any atom is 0.254 e. The van der Waals surface area contributed by atoms with Crippen molar-refractivity contribution in [2.75, 3.05) is 58.9 Å². The quantitative estimate of drug-likeness (QED) is 0.873. The fourth-order valence-corrected chi connectivity index (χ4v) is 2.66. The second-order valence-corrected chi connectivity index (χ2v) is 5.60. The van der Waals surface area contributed by atoms with Crippen molar-refractivity contribution in [2.24, 2.45) is 5.92 Å². The first kappa shape index (κ1) is 15.7. The van der Waals surface area contributed by atoms with Gasteiger partial charge >= 0.3 is 0 Å². The first-order valence-electron chi connectivity index (χ1n) is 7.26. The third-order valence-corrected chi connectivity index (χ3v) is 3.52. The molecule has 0 aromatic carbocycles. The molecule has 2 heterocycles. The van der Waals surface area contributed by atoms with Gasteiger partial charge in [0.15, 0.2) is 0 Å². The topological polar surface area (TPSA) is 57.7 Å². The van der Waals surface area contributed by atoms with E-state index in [9.17, 15) is 4.79 Å². The van der Waals surface area contributed by atoms with Crippen LogP contribution in [0.3, 0.4) is 0 Å². The van der Waals surface area contributed by atoms with Gasteiger partial charge in [-0.15, -0.1) is 0 Å².